The summed E-state index contributed by atoms with van der Waals surface area (Å²) in [5.41, 5.74) is 0. The second-order valence-electron chi connectivity index (χ2n) is 4.52. The predicted molar refractivity (Wildman–Crippen MR) is 72.7 cm³/mol. The molecule has 0 aromatic heterocycles. The summed E-state index contributed by atoms with van der Waals surface area (Å²) in [6.45, 7) is 0. The molecule has 0 radical (unpaired) electrons. The molecule has 1 aliphatic rings. The Balaban J connectivity index is -0.00000192. The van der Waals surface area contributed by atoms with Crippen molar-refractivity contribution < 1.29 is 71.9 Å². The summed E-state index contributed by atoms with van der Waals surface area (Å²) in [5.74, 6) is 0. The number of aliphatic hydroxyl groups is 3. The third kappa shape index (κ3) is 12.7. The van der Waals surface area contributed by atoms with Crippen molar-refractivity contribution in [2.45, 2.75) is 36.6 Å². The summed E-state index contributed by atoms with van der Waals surface area (Å²) < 4.78 is 43.2. The molecule has 15 nitrogen and oxygen atoms in total. The van der Waals surface area contributed by atoms with E-state index >= 15 is 0 Å². The Hall–Kier alpha value is 3.99. The molecule has 0 aliphatic heterocycles. The standard InChI is InChI=1S/C6H15O15P3.3Ca/c7-1-2(8)4(19-22(10,11)12)6(21-24(16,17)18)5(3(1)9)20-23(13,14)15;;;/h1-9H,(H2,10,11,12)(H2,13,14,15)(H2,16,17,18);;;/q;3*+2/p-6/t1?,2-,3-,4-,5+,6?;;;/m1.../s1. The van der Waals surface area contributed by atoms with E-state index in [-0.39, 0.29) is 113 Å². The van der Waals surface area contributed by atoms with Crippen LogP contribution < -0.4 is 29.4 Å². The SMILES string of the molecule is O=P([O-])([O-])OC1[C@@H](OP(=O)([O-])[O-])[C@H](O)C(O)[C@@H](O)[C@H]1OP(=O)([O-])[O-].[Ca+2].[Ca+2].[Ca+2]. The minimum Gasteiger partial charge on any atom is -0.790 e. The maximum Gasteiger partial charge on any atom is 2.00 e. The molecule has 0 saturated heterocycles. The fourth-order valence-corrected chi connectivity index (χ4v) is 3.60. The molecule has 144 valence electrons. The van der Waals surface area contributed by atoms with Crippen molar-refractivity contribution in [2.24, 2.45) is 0 Å². The molecule has 0 bridgehead atoms. The Morgan fingerprint density at radius 2 is 0.741 bits per heavy atom. The van der Waals surface area contributed by atoms with E-state index in [1.807, 2.05) is 0 Å². The topological polar surface area (TPSA) is 278 Å². The van der Waals surface area contributed by atoms with E-state index in [0.717, 1.165) is 0 Å². The quantitative estimate of drug-likeness (QED) is 0.211. The number of hydrogen-bond acceptors (Lipinski definition) is 15. The van der Waals surface area contributed by atoms with E-state index < -0.39 is 60.1 Å². The largest absolute Gasteiger partial charge is 2.00 e. The van der Waals surface area contributed by atoms with Crippen molar-refractivity contribution in [3.05, 3.63) is 0 Å². The van der Waals surface area contributed by atoms with Gasteiger partial charge in [-0.15, -0.1) is 0 Å². The van der Waals surface area contributed by atoms with Crippen LogP contribution >= 0.6 is 23.5 Å². The second kappa shape index (κ2) is 13.6. The Morgan fingerprint density at radius 1 is 0.519 bits per heavy atom. The first-order chi connectivity index (χ1) is 10.5. The van der Waals surface area contributed by atoms with Crippen molar-refractivity contribution >= 4 is 137 Å². The van der Waals surface area contributed by atoms with Gasteiger partial charge in [0, 0.05) is 0 Å². The van der Waals surface area contributed by atoms with Crippen LogP contribution in [0.2, 0.25) is 0 Å². The Bertz CT molecular complexity index is 549. The molecule has 0 heterocycles. The second-order valence-corrected chi connectivity index (χ2v) is 7.84. The number of phosphoric acid groups is 3. The maximum absolute atomic E-state index is 10.7. The molecule has 21 heteroatoms. The molecule has 0 aromatic carbocycles. The van der Waals surface area contributed by atoms with Crippen molar-refractivity contribution in [1.29, 1.82) is 0 Å². The van der Waals surface area contributed by atoms with Crippen LogP contribution in [0.1, 0.15) is 0 Å². The van der Waals surface area contributed by atoms with Crippen molar-refractivity contribution in [2.75, 3.05) is 0 Å². The van der Waals surface area contributed by atoms with Gasteiger partial charge in [-0.2, -0.15) is 0 Å². The molecule has 2 unspecified atom stereocenters. The van der Waals surface area contributed by atoms with Gasteiger partial charge in [-0.1, -0.05) is 0 Å². The van der Waals surface area contributed by atoms with Crippen LogP contribution in [0.15, 0.2) is 0 Å². The Labute approximate surface area is 241 Å². The zero-order chi connectivity index (χ0) is 19.1. The first-order valence-corrected chi connectivity index (χ1v) is 10.1. The third-order valence-electron chi connectivity index (χ3n) is 2.77. The van der Waals surface area contributed by atoms with E-state index in [1.54, 1.807) is 0 Å². The molecule has 0 spiro atoms. The van der Waals surface area contributed by atoms with Gasteiger partial charge in [-0.3, -0.25) is 0 Å². The van der Waals surface area contributed by atoms with Gasteiger partial charge in [0.2, 0.25) is 0 Å². The normalized spacial score (nSPS) is 31.9. The first kappa shape index (κ1) is 35.6. The van der Waals surface area contributed by atoms with Gasteiger partial charge in [0.1, 0.15) is 36.6 Å². The molecule has 1 aliphatic carbocycles. The summed E-state index contributed by atoms with van der Waals surface area (Å²) in [7, 11) is -18.1. The zero-order valence-corrected chi connectivity index (χ0v) is 22.5. The summed E-state index contributed by atoms with van der Waals surface area (Å²) >= 11 is 0. The van der Waals surface area contributed by atoms with Gasteiger partial charge in [0.25, 0.3) is 0 Å². The molecule has 27 heavy (non-hydrogen) atoms. The third-order valence-corrected chi connectivity index (χ3v) is 4.28. The molecule has 3 N–H and O–H groups in total. The average Bonchev–Trinajstić information content (AvgIpc) is 2.32. The average molecular weight is 534 g/mol. The van der Waals surface area contributed by atoms with Crippen LogP contribution in [-0.4, -0.2) is 165 Å². The van der Waals surface area contributed by atoms with Gasteiger partial charge in [-0.25, -0.2) is 0 Å². The fraction of sp³-hybridized carbons (Fsp3) is 1.00. The Morgan fingerprint density at radius 3 is 0.963 bits per heavy atom. The molecule has 0 aromatic rings. The number of phosphoric ester groups is 3. The minimum absolute atomic E-state index is 0. The molecule has 0 amide bonds. The van der Waals surface area contributed by atoms with Crippen LogP contribution in [0.25, 0.3) is 0 Å². The summed E-state index contributed by atoms with van der Waals surface area (Å²) in [5, 5.41) is 28.6. The van der Waals surface area contributed by atoms with E-state index in [0.29, 0.717) is 0 Å². The maximum atomic E-state index is 10.7. The van der Waals surface area contributed by atoms with Crippen LogP contribution in [-0.2, 0) is 27.3 Å². The molecular weight excluding hydrogens is 525 g/mol. The van der Waals surface area contributed by atoms with Gasteiger partial charge in [-0.05, 0) is 0 Å². The number of hydrogen-bond donors (Lipinski definition) is 3. The van der Waals surface area contributed by atoms with Crippen LogP contribution in [0.3, 0.4) is 0 Å². The summed E-state index contributed by atoms with van der Waals surface area (Å²) in [6.07, 6.45) is -15.7. The van der Waals surface area contributed by atoms with Crippen LogP contribution in [0.4, 0.5) is 0 Å². The van der Waals surface area contributed by atoms with Crippen molar-refractivity contribution in [3.8, 4) is 0 Å². The van der Waals surface area contributed by atoms with E-state index in [2.05, 4.69) is 13.6 Å². The van der Waals surface area contributed by atoms with E-state index in [1.165, 1.54) is 0 Å². The molecule has 1 fully saturated rings. The smallest absolute Gasteiger partial charge is 0.790 e. The van der Waals surface area contributed by atoms with Crippen LogP contribution in [0, 0.1) is 0 Å². The molecular formula is C6H9Ca3O15P3. The molecule has 1 saturated carbocycles. The monoisotopic (exact) mass is 534 g/mol. The summed E-state index contributed by atoms with van der Waals surface area (Å²) in [6, 6.07) is 0. The zero-order valence-electron chi connectivity index (χ0n) is 13.2. The molecule has 1 rings (SSSR count). The molecule has 6 atom stereocenters. The first-order valence-electron chi connectivity index (χ1n) is 5.67. The number of rotatable bonds is 6. The van der Waals surface area contributed by atoms with Crippen molar-refractivity contribution in [3.63, 3.8) is 0 Å². The van der Waals surface area contributed by atoms with Crippen molar-refractivity contribution in [1.82, 2.24) is 0 Å². The van der Waals surface area contributed by atoms with Crippen LogP contribution in [0.5, 0.6) is 0 Å². The number of aliphatic hydroxyl groups excluding tert-OH is 3. The fourth-order valence-electron chi connectivity index (χ4n) is 1.98. The van der Waals surface area contributed by atoms with Gasteiger partial charge < -0.3 is 71.9 Å². The predicted octanol–water partition coefficient (Wildman–Crippen LogP) is -8.42. The minimum atomic E-state index is -6.06. The Kier molecular flexibility index (Phi) is 18.0. The van der Waals surface area contributed by atoms with Gasteiger partial charge in [0.05, 0.1) is 23.5 Å². The van der Waals surface area contributed by atoms with E-state index in [9.17, 15) is 58.4 Å². The van der Waals surface area contributed by atoms with Gasteiger partial charge >= 0.3 is 113 Å². The van der Waals surface area contributed by atoms with Gasteiger partial charge in [0.15, 0.2) is 0 Å². The van der Waals surface area contributed by atoms with E-state index in [4.69, 9.17) is 0 Å². The summed E-state index contributed by atoms with van der Waals surface area (Å²) in [4.78, 5) is 63.9.